The molecular weight excluding hydrogens is 303 g/mol. The van der Waals surface area contributed by atoms with E-state index < -0.39 is 13.8 Å². The maximum absolute atomic E-state index is 10.4. The molecule has 0 radical (unpaired) electrons. The molecule has 5 N–H and O–H groups in total. The molecule has 11 heteroatoms. The van der Waals surface area contributed by atoms with Gasteiger partial charge in [0.2, 0.25) is 5.96 Å². The highest BCUT2D eigenvalue weighted by atomic mass is 31.2. The zero-order valence-electron chi connectivity index (χ0n) is 11.3. The number of hydroxylamine groups is 1. The van der Waals surface area contributed by atoms with E-state index in [2.05, 4.69) is 14.8 Å². The van der Waals surface area contributed by atoms with Crippen LogP contribution in [-0.2, 0) is 9.19 Å². The van der Waals surface area contributed by atoms with E-state index in [-0.39, 0.29) is 0 Å². The van der Waals surface area contributed by atoms with Crippen LogP contribution in [0.1, 0.15) is 5.56 Å². The third kappa shape index (κ3) is 6.23. The van der Waals surface area contributed by atoms with E-state index in [0.29, 0.717) is 17.1 Å². The summed E-state index contributed by atoms with van der Waals surface area (Å²) in [6, 6.07) is 5.04. The number of phosphoric acid groups is 1. The van der Waals surface area contributed by atoms with Crippen molar-refractivity contribution in [2.24, 2.45) is 15.9 Å². The molecule has 0 atom stereocenters. The predicted octanol–water partition coefficient (Wildman–Crippen LogP) is -0.0337. The molecule has 1 aromatic rings. The third-order valence-corrected chi connectivity index (χ3v) is 2.40. The molecule has 0 unspecified atom stereocenters. The van der Waals surface area contributed by atoms with Gasteiger partial charge in [0, 0.05) is 11.6 Å². The summed E-state index contributed by atoms with van der Waals surface area (Å²) in [6.45, 7) is 0. The summed E-state index contributed by atoms with van der Waals surface area (Å²) in [5, 5.41) is 7.07. The average Bonchev–Trinajstić information content (AvgIpc) is 2.44. The molecule has 0 aliphatic heterocycles. The number of benzene rings is 1. The Morgan fingerprint density at radius 2 is 2.10 bits per heavy atom. The first-order valence-corrected chi connectivity index (χ1v) is 6.97. The Morgan fingerprint density at radius 3 is 2.67 bits per heavy atom. The van der Waals surface area contributed by atoms with Crippen molar-refractivity contribution in [3.05, 3.63) is 23.8 Å². The monoisotopic (exact) mass is 318 g/mol. The van der Waals surface area contributed by atoms with Crippen LogP contribution in [0.25, 0.3) is 0 Å². The first-order chi connectivity index (χ1) is 9.85. The number of hydrogen-bond donors (Lipinski definition) is 4. The van der Waals surface area contributed by atoms with Gasteiger partial charge in [-0.3, -0.25) is 0 Å². The van der Waals surface area contributed by atoms with Crippen LogP contribution in [0.5, 0.6) is 11.5 Å². The Kier molecular flexibility index (Phi) is 6.12. The van der Waals surface area contributed by atoms with E-state index in [9.17, 15) is 4.57 Å². The number of ether oxygens (including phenoxy) is 2. The summed E-state index contributed by atoms with van der Waals surface area (Å²) >= 11 is 0. The van der Waals surface area contributed by atoms with Gasteiger partial charge in [0.1, 0.15) is 11.5 Å². The van der Waals surface area contributed by atoms with Gasteiger partial charge in [-0.05, 0) is 12.1 Å². The SMILES string of the molecule is COc1ccc(C=NN=C(N)NOP(=O)(O)O)c(OC)c1. The largest absolute Gasteiger partial charge is 0.497 e. The van der Waals surface area contributed by atoms with Gasteiger partial charge in [-0.1, -0.05) is 0 Å². The molecule has 0 spiro atoms. The highest BCUT2D eigenvalue weighted by molar-refractivity contribution is 7.46. The lowest BCUT2D eigenvalue weighted by Gasteiger charge is -2.06. The minimum absolute atomic E-state index is 0.429. The van der Waals surface area contributed by atoms with E-state index in [4.69, 9.17) is 25.0 Å². The van der Waals surface area contributed by atoms with E-state index in [1.54, 1.807) is 23.7 Å². The van der Waals surface area contributed by atoms with Gasteiger partial charge >= 0.3 is 7.82 Å². The van der Waals surface area contributed by atoms with Gasteiger partial charge in [-0.2, -0.15) is 9.73 Å². The number of hydrogen-bond acceptors (Lipinski definition) is 6. The second kappa shape index (κ2) is 7.60. The smallest absolute Gasteiger partial charge is 0.491 e. The summed E-state index contributed by atoms with van der Waals surface area (Å²) in [6.07, 6.45) is 1.34. The summed E-state index contributed by atoms with van der Waals surface area (Å²) < 4.78 is 24.5. The van der Waals surface area contributed by atoms with Crippen LogP contribution in [0.4, 0.5) is 0 Å². The van der Waals surface area contributed by atoms with Crippen molar-refractivity contribution in [3.63, 3.8) is 0 Å². The Bertz CT molecular complexity index is 585. The van der Waals surface area contributed by atoms with Crippen molar-refractivity contribution >= 4 is 20.0 Å². The van der Waals surface area contributed by atoms with Gasteiger partial charge in [0.05, 0.1) is 20.4 Å². The molecular formula is C10H15N4O6P. The van der Waals surface area contributed by atoms with Crippen LogP contribution in [0.2, 0.25) is 0 Å². The molecule has 0 aliphatic rings. The molecule has 0 bridgehead atoms. The first kappa shape index (κ1) is 16.9. The molecule has 1 rings (SSSR count). The van der Waals surface area contributed by atoms with Crippen LogP contribution >= 0.6 is 7.82 Å². The van der Waals surface area contributed by atoms with Crippen LogP contribution < -0.4 is 20.7 Å². The normalized spacial score (nSPS) is 12.5. The molecule has 0 saturated carbocycles. The quantitative estimate of drug-likeness (QED) is 0.247. The van der Waals surface area contributed by atoms with Crippen molar-refractivity contribution in [2.45, 2.75) is 0 Å². The lowest BCUT2D eigenvalue weighted by Crippen LogP contribution is -2.30. The van der Waals surface area contributed by atoms with E-state index in [0.717, 1.165) is 0 Å². The minimum Gasteiger partial charge on any atom is -0.497 e. The fourth-order valence-electron chi connectivity index (χ4n) is 1.20. The van der Waals surface area contributed by atoms with Gasteiger partial charge in [-0.25, -0.2) is 10.0 Å². The number of nitrogens with two attached hydrogens (primary N) is 1. The molecule has 0 aromatic heterocycles. The van der Waals surface area contributed by atoms with Crippen LogP contribution in [-0.4, -0.2) is 36.2 Å². The van der Waals surface area contributed by atoms with Crippen LogP contribution in [0.15, 0.2) is 28.4 Å². The Hall–Kier alpha value is -2.13. The van der Waals surface area contributed by atoms with Crippen molar-refractivity contribution in [3.8, 4) is 11.5 Å². The third-order valence-electron chi connectivity index (χ3n) is 2.07. The van der Waals surface area contributed by atoms with Crippen molar-refractivity contribution < 1.29 is 28.5 Å². The van der Waals surface area contributed by atoms with Crippen molar-refractivity contribution in [2.75, 3.05) is 14.2 Å². The predicted molar refractivity (Wildman–Crippen MR) is 75.0 cm³/mol. The maximum Gasteiger partial charge on any atom is 0.491 e. The summed E-state index contributed by atoms with van der Waals surface area (Å²) in [7, 11) is -1.68. The van der Waals surface area contributed by atoms with Crippen molar-refractivity contribution in [1.29, 1.82) is 0 Å². The highest BCUT2D eigenvalue weighted by Crippen LogP contribution is 2.33. The number of nitrogens with zero attached hydrogens (tertiary/aromatic N) is 2. The maximum atomic E-state index is 10.4. The molecule has 0 saturated heterocycles. The van der Waals surface area contributed by atoms with E-state index in [1.807, 2.05) is 0 Å². The standard InChI is InChI=1S/C10H15N4O6P/c1-18-8-4-3-7(9(5-8)19-2)6-12-13-10(11)14-20-21(15,16)17/h3-6H,1-2H3,(H3,11,13,14)(H2,15,16,17). The zero-order valence-corrected chi connectivity index (χ0v) is 12.2. The lowest BCUT2D eigenvalue weighted by atomic mass is 10.2. The molecule has 0 amide bonds. The molecule has 1 aromatic carbocycles. The highest BCUT2D eigenvalue weighted by Gasteiger charge is 2.14. The molecule has 0 fully saturated rings. The molecule has 116 valence electrons. The fourth-order valence-corrected chi connectivity index (χ4v) is 1.42. The Morgan fingerprint density at radius 1 is 1.38 bits per heavy atom. The summed E-state index contributed by atoms with van der Waals surface area (Å²) in [4.78, 5) is 16.9. The number of guanidine groups is 1. The topological polar surface area (TPSA) is 148 Å². The van der Waals surface area contributed by atoms with Crippen LogP contribution in [0, 0.1) is 0 Å². The number of rotatable bonds is 6. The van der Waals surface area contributed by atoms with E-state index in [1.165, 1.54) is 20.4 Å². The second-order valence-electron chi connectivity index (χ2n) is 3.52. The Labute approximate surface area is 120 Å². The molecule has 21 heavy (non-hydrogen) atoms. The average molecular weight is 318 g/mol. The number of methoxy groups -OCH3 is 2. The van der Waals surface area contributed by atoms with Gasteiger partial charge in [0.25, 0.3) is 0 Å². The number of nitrogens with one attached hydrogen (secondary N) is 1. The van der Waals surface area contributed by atoms with Gasteiger partial charge < -0.3 is 25.0 Å². The van der Waals surface area contributed by atoms with E-state index >= 15 is 0 Å². The molecule has 0 aliphatic carbocycles. The Balaban J connectivity index is 2.74. The summed E-state index contributed by atoms with van der Waals surface area (Å²) in [5.41, 5.74) is 7.62. The zero-order chi connectivity index (χ0) is 15.9. The lowest BCUT2D eigenvalue weighted by molar-refractivity contribution is 0.163. The molecule has 10 nitrogen and oxygen atoms in total. The van der Waals surface area contributed by atoms with Gasteiger partial charge in [-0.15, -0.1) is 5.10 Å². The summed E-state index contributed by atoms with van der Waals surface area (Å²) in [5.74, 6) is 0.692. The molecule has 0 heterocycles. The fraction of sp³-hybridized carbons (Fsp3) is 0.200. The van der Waals surface area contributed by atoms with Crippen molar-refractivity contribution in [1.82, 2.24) is 5.48 Å². The van der Waals surface area contributed by atoms with Gasteiger partial charge in [0.15, 0.2) is 0 Å². The minimum atomic E-state index is -4.69. The van der Waals surface area contributed by atoms with Crippen LogP contribution in [0.3, 0.4) is 0 Å². The second-order valence-corrected chi connectivity index (χ2v) is 4.69. The first-order valence-electron chi connectivity index (χ1n) is 5.44.